The molecule has 0 atom stereocenters. The summed E-state index contributed by atoms with van der Waals surface area (Å²) >= 11 is 0. The monoisotopic (exact) mass is 513 g/mol. The molecule has 188 valence electrons. The average Bonchev–Trinajstić information content (AvgIpc) is 3.54. The Kier molecular flexibility index (Phi) is 5.07. The quantitative estimate of drug-likeness (QED) is 0.238. The van der Waals surface area contributed by atoms with Gasteiger partial charge in [-0.1, -0.05) is 54.6 Å². The normalized spacial score (nSPS) is 11.5. The third-order valence-corrected chi connectivity index (χ3v) is 7.61. The molecule has 0 saturated heterocycles. The van der Waals surface area contributed by atoms with Gasteiger partial charge >= 0.3 is 0 Å². The fourth-order valence-electron chi connectivity index (χ4n) is 5.94. The lowest BCUT2D eigenvalue weighted by molar-refractivity contribution is 1.06. The molecule has 0 radical (unpaired) electrons. The van der Waals surface area contributed by atoms with Crippen molar-refractivity contribution in [1.29, 1.82) is 0 Å². The minimum atomic E-state index is 1.03. The molecule has 5 nitrogen and oxygen atoms in total. The van der Waals surface area contributed by atoms with Crippen molar-refractivity contribution in [3.63, 3.8) is 0 Å². The van der Waals surface area contributed by atoms with Crippen molar-refractivity contribution in [2.24, 2.45) is 0 Å². The van der Waals surface area contributed by atoms with Crippen molar-refractivity contribution in [1.82, 2.24) is 24.1 Å². The van der Waals surface area contributed by atoms with Crippen LogP contribution >= 0.6 is 0 Å². The van der Waals surface area contributed by atoms with Gasteiger partial charge in [0.15, 0.2) is 0 Å². The van der Waals surface area contributed by atoms with E-state index in [1.807, 2.05) is 61.4 Å². The first kappa shape index (κ1) is 22.4. The van der Waals surface area contributed by atoms with Crippen molar-refractivity contribution >= 4 is 32.8 Å². The molecule has 5 heteroatoms. The number of hydrogen-bond donors (Lipinski definition) is 0. The average molecular weight is 514 g/mol. The third-order valence-electron chi connectivity index (χ3n) is 7.61. The Balaban J connectivity index is 1.63. The van der Waals surface area contributed by atoms with Crippen LogP contribution in [0, 0.1) is 0 Å². The van der Waals surface area contributed by atoms with Crippen molar-refractivity contribution in [2.45, 2.75) is 0 Å². The predicted molar refractivity (Wildman–Crippen MR) is 162 cm³/mol. The second-order valence-corrected chi connectivity index (χ2v) is 9.79. The van der Waals surface area contributed by atoms with E-state index in [4.69, 9.17) is 4.98 Å². The zero-order valence-corrected chi connectivity index (χ0v) is 21.5. The number of fused-ring (bicyclic) bond motifs is 5. The molecule has 40 heavy (non-hydrogen) atoms. The maximum absolute atomic E-state index is 4.73. The summed E-state index contributed by atoms with van der Waals surface area (Å²) in [7, 11) is 0. The van der Waals surface area contributed by atoms with Crippen LogP contribution in [0.1, 0.15) is 0 Å². The summed E-state index contributed by atoms with van der Waals surface area (Å²) in [6.07, 6.45) is 11.3. The number of para-hydroxylation sites is 3. The van der Waals surface area contributed by atoms with E-state index in [0.717, 1.165) is 44.8 Å². The van der Waals surface area contributed by atoms with Crippen LogP contribution in [0.15, 0.2) is 140 Å². The van der Waals surface area contributed by atoms with Gasteiger partial charge in [-0.2, -0.15) is 0 Å². The summed E-state index contributed by atoms with van der Waals surface area (Å²) in [6.45, 7) is 0. The summed E-state index contributed by atoms with van der Waals surface area (Å²) in [4.78, 5) is 13.3. The van der Waals surface area contributed by atoms with E-state index in [1.165, 1.54) is 21.7 Å². The molecule has 0 aliphatic heterocycles. The molecule has 0 amide bonds. The number of rotatable bonds is 4. The minimum absolute atomic E-state index is 1.03. The molecule has 8 aromatic rings. The molecule has 0 spiro atoms. The standard InChI is InChI=1S/C35H23N5/c1-2-8-26(9-3-1)39-31-12-6-4-10-27(31)33-28-11-5-7-13-32(28)40(35(33)39)34-29(24-14-18-36-19-15-24)22-38-23-30(34)25-16-20-37-21-17-25/h1-23H. The number of hydrogen-bond acceptors (Lipinski definition) is 3. The van der Waals surface area contributed by atoms with Crippen LogP contribution in [0.3, 0.4) is 0 Å². The lowest BCUT2D eigenvalue weighted by Crippen LogP contribution is -2.05. The molecule has 0 bridgehead atoms. The fourth-order valence-corrected chi connectivity index (χ4v) is 5.94. The van der Waals surface area contributed by atoms with Gasteiger partial charge in [-0.25, -0.2) is 0 Å². The maximum atomic E-state index is 4.73. The summed E-state index contributed by atoms with van der Waals surface area (Å²) in [5.74, 6) is 0. The van der Waals surface area contributed by atoms with Crippen LogP contribution in [0.25, 0.3) is 66.5 Å². The summed E-state index contributed by atoms with van der Waals surface area (Å²) in [5.41, 5.74) is 9.78. The van der Waals surface area contributed by atoms with Crippen molar-refractivity contribution in [3.8, 4) is 33.6 Å². The van der Waals surface area contributed by atoms with Crippen molar-refractivity contribution in [3.05, 3.63) is 140 Å². The molecule has 0 fully saturated rings. The highest BCUT2D eigenvalue weighted by Gasteiger charge is 2.25. The molecule has 0 aliphatic carbocycles. The summed E-state index contributed by atoms with van der Waals surface area (Å²) in [5, 5.41) is 3.66. The first-order valence-corrected chi connectivity index (χ1v) is 13.3. The van der Waals surface area contributed by atoms with Crippen LogP contribution in [0.2, 0.25) is 0 Å². The Hall–Kier alpha value is -5.55. The van der Waals surface area contributed by atoms with Crippen LogP contribution < -0.4 is 0 Å². The van der Waals surface area contributed by atoms with Gasteiger partial charge in [-0.05, 0) is 59.7 Å². The van der Waals surface area contributed by atoms with Gasteiger partial charge in [-0.15, -0.1) is 0 Å². The van der Waals surface area contributed by atoms with E-state index >= 15 is 0 Å². The van der Waals surface area contributed by atoms with E-state index in [-0.39, 0.29) is 0 Å². The van der Waals surface area contributed by atoms with Gasteiger partial charge in [0.2, 0.25) is 0 Å². The van der Waals surface area contributed by atoms with Crippen LogP contribution in [-0.2, 0) is 0 Å². The number of pyridine rings is 3. The fraction of sp³-hybridized carbons (Fsp3) is 0. The Morgan fingerprint density at radius 1 is 0.450 bits per heavy atom. The van der Waals surface area contributed by atoms with Crippen molar-refractivity contribution < 1.29 is 0 Å². The number of aromatic nitrogens is 5. The van der Waals surface area contributed by atoms with Crippen LogP contribution in [-0.4, -0.2) is 24.1 Å². The van der Waals surface area contributed by atoms with Gasteiger partial charge < -0.3 is 0 Å². The third kappa shape index (κ3) is 3.31. The van der Waals surface area contributed by atoms with Gasteiger partial charge in [0.1, 0.15) is 5.65 Å². The van der Waals surface area contributed by atoms with Gasteiger partial charge in [0.25, 0.3) is 0 Å². The largest absolute Gasteiger partial charge is 0.295 e. The highest BCUT2D eigenvalue weighted by atomic mass is 15.1. The van der Waals surface area contributed by atoms with E-state index in [2.05, 4.69) is 98.0 Å². The molecular weight excluding hydrogens is 490 g/mol. The zero-order chi connectivity index (χ0) is 26.5. The highest BCUT2D eigenvalue weighted by Crippen LogP contribution is 2.44. The Bertz CT molecular complexity index is 2090. The maximum Gasteiger partial charge on any atom is 0.131 e. The predicted octanol–water partition coefficient (Wildman–Crippen LogP) is 8.25. The second kappa shape index (κ2) is 9.03. The lowest BCUT2D eigenvalue weighted by Gasteiger charge is -2.19. The molecule has 5 aromatic heterocycles. The van der Waals surface area contributed by atoms with Crippen LogP contribution in [0.4, 0.5) is 0 Å². The van der Waals surface area contributed by atoms with E-state index in [0.29, 0.717) is 0 Å². The molecule has 5 heterocycles. The van der Waals surface area contributed by atoms with Crippen molar-refractivity contribution in [2.75, 3.05) is 0 Å². The van der Waals surface area contributed by atoms with E-state index < -0.39 is 0 Å². The first-order valence-electron chi connectivity index (χ1n) is 13.3. The first-order chi connectivity index (χ1) is 19.9. The van der Waals surface area contributed by atoms with E-state index in [1.54, 1.807) is 0 Å². The van der Waals surface area contributed by atoms with E-state index in [9.17, 15) is 0 Å². The molecule has 0 saturated carbocycles. The lowest BCUT2D eigenvalue weighted by atomic mass is 9.99. The highest BCUT2D eigenvalue weighted by molar-refractivity contribution is 6.22. The second-order valence-electron chi connectivity index (χ2n) is 9.79. The van der Waals surface area contributed by atoms with Gasteiger partial charge in [-0.3, -0.25) is 24.1 Å². The van der Waals surface area contributed by atoms with Gasteiger partial charge in [0, 0.05) is 70.2 Å². The molecule has 3 aromatic carbocycles. The van der Waals surface area contributed by atoms with Crippen LogP contribution in [0.5, 0.6) is 0 Å². The summed E-state index contributed by atoms with van der Waals surface area (Å²) in [6, 6.07) is 36.2. The topological polar surface area (TPSA) is 48.5 Å². The smallest absolute Gasteiger partial charge is 0.131 e. The molecule has 0 aliphatic rings. The zero-order valence-electron chi connectivity index (χ0n) is 21.5. The Morgan fingerprint density at radius 2 is 0.950 bits per heavy atom. The minimum Gasteiger partial charge on any atom is -0.295 e. The number of benzene rings is 3. The molecule has 8 rings (SSSR count). The molecule has 0 N–H and O–H groups in total. The molecular formula is C35H23N5. The molecule has 0 unspecified atom stereocenters. The summed E-state index contributed by atoms with van der Waals surface area (Å²) < 4.78 is 4.81. The Labute approximate surface area is 230 Å². The van der Waals surface area contributed by atoms with Gasteiger partial charge in [0.05, 0.1) is 16.7 Å². The Morgan fingerprint density at radius 3 is 1.52 bits per heavy atom. The number of nitrogens with zero attached hydrogens (tertiary/aromatic N) is 5. The SMILES string of the molecule is c1ccc(-n2c3ccccc3c3c4ccccc4n(-c4c(-c5ccncc5)cncc4-c4ccncc4)c32)cc1.